The Hall–Kier alpha value is -2.51. The van der Waals surface area contributed by atoms with Gasteiger partial charge in [0.1, 0.15) is 0 Å². The lowest BCUT2D eigenvalue weighted by Gasteiger charge is -2.22. The Morgan fingerprint density at radius 2 is 1.88 bits per heavy atom. The van der Waals surface area contributed by atoms with Crippen molar-refractivity contribution in [2.75, 3.05) is 29.9 Å². The molecule has 0 aromatic heterocycles. The number of alkyl halides is 3. The molecule has 1 N–H and O–H groups in total. The molecule has 1 aliphatic heterocycles. The van der Waals surface area contributed by atoms with Gasteiger partial charge in [-0.3, -0.25) is 4.79 Å². The van der Waals surface area contributed by atoms with Gasteiger partial charge in [-0.05, 0) is 44.9 Å². The van der Waals surface area contributed by atoms with Crippen LogP contribution in [-0.2, 0) is 20.5 Å². The fourth-order valence-corrected chi connectivity index (χ4v) is 2.65. The molecule has 26 heavy (non-hydrogen) atoms. The first-order valence-corrected chi connectivity index (χ1v) is 8.24. The third kappa shape index (κ3) is 5.50. The fraction of sp³-hybridized carbons (Fsp3) is 0.444. The van der Waals surface area contributed by atoms with Crippen molar-refractivity contribution >= 4 is 23.3 Å². The van der Waals surface area contributed by atoms with Crippen LogP contribution in [-0.4, -0.2) is 31.6 Å². The van der Waals surface area contributed by atoms with Gasteiger partial charge in [-0.25, -0.2) is 4.79 Å². The number of ether oxygens (including phenoxy) is 1. The minimum atomic E-state index is -4.51. The van der Waals surface area contributed by atoms with Gasteiger partial charge in [0.2, 0.25) is 0 Å². The Kier molecular flexibility index (Phi) is 6.28. The highest BCUT2D eigenvalue weighted by molar-refractivity contribution is 5.96. The Bertz CT molecular complexity index is 704. The van der Waals surface area contributed by atoms with Crippen LogP contribution < -0.4 is 10.2 Å². The summed E-state index contributed by atoms with van der Waals surface area (Å²) >= 11 is 0. The molecule has 1 aliphatic rings. The Morgan fingerprint density at radius 1 is 1.23 bits per heavy atom. The minimum absolute atomic E-state index is 0.0602. The quantitative estimate of drug-likeness (QED) is 0.633. The minimum Gasteiger partial charge on any atom is -0.452 e. The van der Waals surface area contributed by atoms with Gasteiger partial charge in [0, 0.05) is 19.2 Å². The number of nitrogens with one attached hydrogen (secondary N) is 1. The van der Waals surface area contributed by atoms with Crippen molar-refractivity contribution in [3.63, 3.8) is 0 Å². The molecule has 142 valence electrons. The van der Waals surface area contributed by atoms with Crippen LogP contribution in [0.1, 0.15) is 32.3 Å². The van der Waals surface area contributed by atoms with E-state index in [2.05, 4.69) is 5.32 Å². The van der Waals surface area contributed by atoms with Crippen LogP contribution in [0.5, 0.6) is 0 Å². The number of benzene rings is 1. The number of hydrogen-bond donors (Lipinski definition) is 1. The van der Waals surface area contributed by atoms with E-state index in [1.807, 2.05) is 4.90 Å². The number of hydrogen-bond acceptors (Lipinski definition) is 4. The van der Waals surface area contributed by atoms with E-state index in [-0.39, 0.29) is 5.69 Å². The van der Waals surface area contributed by atoms with Crippen LogP contribution in [0.3, 0.4) is 0 Å². The summed E-state index contributed by atoms with van der Waals surface area (Å²) in [4.78, 5) is 25.4. The number of carbonyl (C=O) groups excluding carboxylic acids is 2. The second-order valence-corrected chi connectivity index (χ2v) is 6.30. The van der Waals surface area contributed by atoms with Crippen molar-refractivity contribution in [3.8, 4) is 0 Å². The molecule has 1 amide bonds. The highest BCUT2D eigenvalue weighted by atomic mass is 19.4. The maximum atomic E-state index is 13.0. The molecule has 5 nitrogen and oxygen atoms in total. The predicted octanol–water partition coefficient (Wildman–Crippen LogP) is 3.75. The fourth-order valence-electron chi connectivity index (χ4n) is 2.65. The standard InChI is InChI=1S/C18H21F3N2O3/c1-12(2)9-17(25)26-11-16(24)22-14-10-13(18(19,20)21)5-6-15(14)23-7-3-4-8-23/h5-6,9-10H,3-4,7-8,11H2,1-2H3,(H,22,24). The maximum Gasteiger partial charge on any atom is 0.416 e. The van der Waals surface area contributed by atoms with E-state index in [4.69, 9.17) is 4.74 Å². The topological polar surface area (TPSA) is 58.6 Å². The molecule has 0 unspecified atom stereocenters. The molecule has 0 bridgehead atoms. The summed E-state index contributed by atoms with van der Waals surface area (Å²) in [5.41, 5.74) is 0.450. The number of amides is 1. The predicted molar refractivity (Wildman–Crippen MR) is 91.9 cm³/mol. The number of esters is 1. The van der Waals surface area contributed by atoms with E-state index in [0.717, 1.165) is 25.0 Å². The first-order valence-electron chi connectivity index (χ1n) is 8.24. The molecule has 0 spiro atoms. The van der Waals surface area contributed by atoms with Crippen LogP contribution in [0.25, 0.3) is 0 Å². The SMILES string of the molecule is CC(C)=CC(=O)OCC(=O)Nc1cc(C(F)(F)F)ccc1N1CCCC1. The van der Waals surface area contributed by atoms with Crippen LogP contribution in [0, 0.1) is 0 Å². The smallest absolute Gasteiger partial charge is 0.416 e. The maximum absolute atomic E-state index is 13.0. The molecule has 1 aromatic rings. The van der Waals surface area contributed by atoms with Gasteiger partial charge in [0.05, 0.1) is 16.9 Å². The van der Waals surface area contributed by atoms with E-state index in [1.165, 1.54) is 12.1 Å². The summed E-state index contributed by atoms with van der Waals surface area (Å²) in [5, 5.41) is 2.43. The normalized spacial score (nSPS) is 14.1. The van der Waals surface area contributed by atoms with Crippen molar-refractivity contribution in [2.24, 2.45) is 0 Å². The number of nitrogens with zero attached hydrogens (tertiary/aromatic N) is 1. The van der Waals surface area contributed by atoms with E-state index < -0.39 is 30.2 Å². The summed E-state index contributed by atoms with van der Waals surface area (Å²) in [5.74, 6) is -1.37. The van der Waals surface area contributed by atoms with Crippen molar-refractivity contribution in [1.29, 1.82) is 0 Å². The Labute approximate surface area is 149 Å². The van der Waals surface area contributed by atoms with Crippen LogP contribution in [0.15, 0.2) is 29.8 Å². The van der Waals surface area contributed by atoms with Crippen molar-refractivity contribution in [1.82, 2.24) is 0 Å². The Balaban J connectivity index is 2.15. The zero-order valence-corrected chi connectivity index (χ0v) is 14.7. The third-order valence-electron chi connectivity index (χ3n) is 3.80. The van der Waals surface area contributed by atoms with E-state index in [9.17, 15) is 22.8 Å². The number of anilines is 2. The van der Waals surface area contributed by atoms with Gasteiger partial charge in [-0.1, -0.05) is 5.57 Å². The molecule has 1 aromatic carbocycles. The molecule has 0 aliphatic carbocycles. The van der Waals surface area contributed by atoms with E-state index in [1.54, 1.807) is 13.8 Å². The summed E-state index contributed by atoms with van der Waals surface area (Å²) in [6.45, 7) is 4.25. The number of rotatable bonds is 5. The monoisotopic (exact) mass is 370 g/mol. The van der Waals surface area contributed by atoms with Crippen molar-refractivity contribution in [2.45, 2.75) is 32.9 Å². The van der Waals surface area contributed by atoms with Gasteiger partial charge in [0.15, 0.2) is 6.61 Å². The molecule has 1 fully saturated rings. The molecule has 1 heterocycles. The molecule has 1 saturated heterocycles. The average molecular weight is 370 g/mol. The summed E-state index contributed by atoms with van der Waals surface area (Å²) in [7, 11) is 0. The lowest BCUT2D eigenvalue weighted by molar-refractivity contribution is -0.142. The highest BCUT2D eigenvalue weighted by Gasteiger charge is 2.32. The van der Waals surface area contributed by atoms with E-state index in [0.29, 0.717) is 24.4 Å². The van der Waals surface area contributed by atoms with Crippen molar-refractivity contribution < 1.29 is 27.5 Å². The van der Waals surface area contributed by atoms with Gasteiger partial charge in [0.25, 0.3) is 5.91 Å². The number of allylic oxidation sites excluding steroid dienone is 1. The van der Waals surface area contributed by atoms with E-state index >= 15 is 0 Å². The molecular weight excluding hydrogens is 349 g/mol. The zero-order valence-electron chi connectivity index (χ0n) is 14.7. The molecular formula is C18H21F3N2O3. The van der Waals surface area contributed by atoms with Gasteiger partial charge < -0.3 is 15.0 Å². The largest absolute Gasteiger partial charge is 0.452 e. The first-order chi connectivity index (χ1) is 12.2. The van der Waals surface area contributed by atoms with Gasteiger partial charge in [-0.2, -0.15) is 13.2 Å². The lowest BCUT2D eigenvalue weighted by Crippen LogP contribution is -2.24. The van der Waals surface area contributed by atoms with Gasteiger partial charge in [-0.15, -0.1) is 0 Å². The van der Waals surface area contributed by atoms with Crippen LogP contribution in [0.4, 0.5) is 24.5 Å². The molecule has 2 rings (SSSR count). The lowest BCUT2D eigenvalue weighted by atomic mass is 10.1. The first kappa shape index (κ1) is 19.8. The highest BCUT2D eigenvalue weighted by Crippen LogP contribution is 2.36. The number of carbonyl (C=O) groups is 2. The molecule has 0 saturated carbocycles. The second kappa shape index (κ2) is 8.25. The van der Waals surface area contributed by atoms with Crippen molar-refractivity contribution in [3.05, 3.63) is 35.4 Å². The van der Waals surface area contributed by atoms with Gasteiger partial charge >= 0.3 is 12.1 Å². The Morgan fingerprint density at radius 3 is 2.46 bits per heavy atom. The zero-order chi connectivity index (χ0) is 19.3. The molecule has 0 atom stereocenters. The summed E-state index contributed by atoms with van der Waals surface area (Å²) < 4.78 is 43.7. The van der Waals surface area contributed by atoms with Crippen LogP contribution in [0.2, 0.25) is 0 Å². The second-order valence-electron chi connectivity index (χ2n) is 6.30. The number of halogens is 3. The third-order valence-corrected chi connectivity index (χ3v) is 3.80. The summed E-state index contributed by atoms with van der Waals surface area (Å²) in [6.07, 6.45) is -1.41. The average Bonchev–Trinajstić information content (AvgIpc) is 3.05. The van der Waals surface area contributed by atoms with Crippen LogP contribution >= 0.6 is 0 Å². The summed E-state index contributed by atoms with van der Waals surface area (Å²) in [6, 6.07) is 3.26. The molecule has 8 heteroatoms. The molecule has 0 radical (unpaired) electrons.